The number of aromatic nitrogens is 2. The van der Waals surface area contributed by atoms with Gasteiger partial charge in [0.05, 0.1) is 25.1 Å². The molecule has 0 atom stereocenters. The molecule has 2 N–H and O–H groups in total. The first-order chi connectivity index (χ1) is 13.7. The number of nitrogens with one attached hydrogen (secondary N) is 2. The summed E-state index contributed by atoms with van der Waals surface area (Å²) < 4.78 is 5.48. The number of ether oxygens (including phenoxy) is 1. The van der Waals surface area contributed by atoms with Crippen LogP contribution in [0.3, 0.4) is 0 Å². The van der Waals surface area contributed by atoms with Crippen LogP contribution in [-0.2, 0) is 28.9 Å². The first-order valence-corrected chi connectivity index (χ1v) is 11.2. The van der Waals surface area contributed by atoms with Gasteiger partial charge in [0.1, 0.15) is 30.3 Å². The molecular formula is C20H30N5O2S+. The number of fused-ring (bicyclic) bond motifs is 3. The third kappa shape index (κ3) is 3.99. The molecule has 152 valence electrons. The number of thiophene rings is 1. The van der Waals surface area contributed by atoms with E-state index in [0.29, 0.717) is 13.1 Å². The van der Waals surface area contributed by atoms with Gasteiger partial charge in [-0.2, -0.15) is 0 Å². The lowest BCUT2D eigenvalue weighted by Gasteiger charge is -2.25. The van der Waals surface area contributed by atoms with Crippen molar-refractivity contribution in [3.63, 3.8) is 0 Å². The molecule has 0 radical (unpaired) electrons. The average molecular weight is 405 g/mol. The molecule has 2 aromatic rings. The minimum Gasteiger partial charge on any atom is -0.370 e. The van der Waals surface area contributed by atoms with E-state index in [1.807, 2.05) is 18.3 Å². The van der Waals surface area contributed by atoms with E-state index in [0.717, 1.165) is 68.7 Å². The summed E-state index contributed by atoms with van der Waals surface area (Å²) in [5.41, 5.74) is 1.41. The van der Waals surface area contributed by atoms with Gasteiger partial charge < -0.3 is 19.9 Å². The molecular weight excluding hydrogens is 374 g/mol. The number of quaternary nitrogens is 1. The van der Waals surface area contributed by atoms with Crippen molar-refractivity contribution >= 4 is 33.3 Å². The van der Waals surface area contributed by atoms with Crippen molar-refractivity contribution in [2.45, 2.75) is 39.7 Å². The largest absolute Gasteiger partial charge is 0.370 e. The highest BCUT2D eigenvalue weighted by Gasteiger charge is 2.26. The monoisotopic (exact) mass is 404 g/mol. The Labute approximate surface area is 170 Å². The highest BCUT2D eigenvalue weighted by atomic mass is 32.1. The summed E-state index contributed by atoms with van der Waals surface area (Å²) in [6.07, 6.45) is 3.44. The van der Waals surface area contributed by atoms with Gasteiger partial charge in [0.25, 0.3) is 0 Å². The normalized spacial score (nSPS) is 17.1. The highest BCUT2D eigenvalue weighted by molar-refractivity contribution is 7.19. The molecule has 1 saturated heterocycles. The number of carbonyl (C=O) groups is 1. The fraction of sp³-hybridized carbons (Fsp3) is 0.650. The molecule has 3 heterocycles. The van der Waals surface area contributed by atoms with Crippen molar-refractivity contribution in [1.82, 2.24) is 15.3 Å². The number of hydrogen-bond donors (Lipinski definition) is 2. The lowest BCUT2D eigenvalue weighted by atomic mass is 10.1. The van der Waals surface area contributed by atoms with E-state index >= 15 is 0 Å². The van der Waals surface area contributed by atoms with Crippen LogP contribution in [0, 0.1) is 0 Å². The Hall–Kier alpha value is -1.77. The summed E-state index contributed by atoms with van der Waals surface area (Å²) in [4.78, 5) is 28.4. The summed E-state index contributed by atoms with van der Waals surface area (Å²) in [5.74, 6) is 1.87. The Morgan fingerprint density at radius 3 is 2.82 bits per heavy atom. The maximum absolute atomic E-state index is 12.3. The number of hydrogen-bond acceptors (Lipinski definition) is 6. The van der Waals surface area contributed by atoms with Gasteiger partial charge in [0.15, 0.2) is 5.82 Å². The van der Waals surface area contributed by atoms with Gasteiger partial charge in [-0.1, -0.05) is 0 Å². The molecule has 0 saturated carbocycles. The molecule has 8 heteroatoms. The van der Waals surface area contributed by atoms with Crippen LogP contribution < -0.4 is 15.1 Å². The second kappa shape index (κ2) is 8.71. The zero-order valence-electron chi connectivity index (χ0n) is 16.8. The van der Waals surface area contributed by atoms with E-state index in [1.54, 1.807) is 0 Å². The van der Waals surface area contributed by atoms with Crippen molar-refractivity contribution < 1.29 is 14.4 Å². The van der Waals surface area contributed by atoms with Gasteiger partial charge in [0, 0.05) is 18.0 Å². The number of aryl methyl sites for hydroxylation is 2. The molecule has 0 bridgehead atoms. The predicted octanol–water partition coefficient (Wildman–Crippen LogP) is 0.558. The number of anilines is 1. The summed E-state index contributed by atoms with van der Waals surface area (Å²) >= 11 is 1.82. The van der Waals surface area contributed by atoms with Crippen LogP contribution in [0.1, 0.15) is 36.5 Å². The van der Waals surface area contributed by atoms with Crippen molar-refractivity contribution in [3.05, 3.63) is 16.3 Å². The molecule has 4 rings (SSSR count). The summed E-state index contributed by atoms with van der Waals surface area (Å²) in [5, 5.41) is 4.10. The summed E-state index contributed by atoms with van der Waals surface area (Å²) in [7, 11) is 0. The highest BCUT2D eigenvalue weighted by Crippen LogP contribution is 2.40. The van der Waals surface area contributed by atoms with Gasteiger partial charge >= 0.3 is 0 Å². The molecule has 1 amide bonds. The van der Waals surface area contributed by atoms with E-state index in [9.17, 15) is 4.79 Å². The lowest BCUT2D eigenvalue weighted by Crippen LogP contribution is -3.12. The zero-order chi connectivity index (χ0) is 19.5. The molecule has 1 fully saturated rings. The molecule has 0 aromatic carbocycles. The van der Waals surface area contributed by atoms with Gasteiger partial charge in [-0.05, 0) is 38.7 Å². The summed E-state index contributed by atoms with van der Waals surface area (Å²) in [6, 6.07) is 0. The number of carbonyl (C=O) groups excluding carboxylic acids is 1. The lowest BCUT2D eigenvalue weighted by molar-refractivity contribution is -0.922. The third-order valence-corrected chi connectivity index (χ3v) is 6.78. The molecule has 0 spiro atoms. The van der Waals surface area contributed by atoms with Crippen molar-refractivity contribution in [1.29, 1.82) is 0 Å². The van der Waals surface area contributed by atoms with E-state index < -0.39 is 0 Å². The van der Waals surface area contributed by atoms with Crippen LogP contribution in [0.2, 0.25) is 0 Å². The second-order valence-electron chi connectivity index (χ2n) is 7.51. The molecule has 0 unspecified atom stereocenters. The molecule has 1 aliphatic carbocycles. The Bertz CT molecular complexity index is 847. The number of amides is 1. The van der Waals surface area contributed by atoms with Crippen LogP contribution >= 0.6 is 11.3 Å². The summed E-state index contributed by atoms with van der Waals surface area (Å²) in [6.45, 7) is 10.2. The Morgan fingerprint density at radius 2 is 2.07 bits per heavy atom. The number of nitrogens with zero attached hydrogens (tertiary/aromatic N) is 3. The maximum atomic E-state index is 12.3. The minimum absolute atomic E-state index is 0.0448. The van der Waals surface area contributed by atoms with E-state index in [2.05, 4.69) is 17.1 Å². The average Bonchev–Trinajstić information content (AvgIpc) is 3.27. The van der Waals surface area contributed by atoms with Crippen LogP contribution in [0.4, 0.5) is 5.82 Å². The quantitative estimate of drug-likeness (QED) is 0.706. The van der Waals surface area contributed by atoms with Crippen LogP contribution in [-0.4, -0.2) is 61.8 Å². The van der Waals surface area contributed by atoms with E-state index in [1.165, 1.54) is 27.1 Å². The number of rotatable bonds is 7. The molecule has 28 heavy (non-hydrogen) atoms. The van der Waals surface area contributed by atoms with Gasteiger partial charge in [-0.15, -0.1) is 11.3 Å². The molecule has 1 aliphatic heterocycles. The minimum atomic E-state index is 0.0448. The third-order valence-electron chi connectivity index (χ3n) is 5.59. The first-order valence-electron chi connectivity index (χ1n) is 10.4. The Balaban J connectivity index is 1.71. The maximum Gasteiger partial charge on any atom is 0.239 e. The van der Waals surface area contributed by atoms with Gasteiger partial charge in [-0.25, -0.2) is 9.97 Å². The van der Waals surface area contributed by atoms with Gasteiger partial charge in [0.2, 0.25) is 5.91 Å². The van der Waals surface area contributed by atoms with Crippen molar-refractivity contribution in [3.8, 4) is 0 Å². The molecule has 2 aliphatic rings. The fourth-order valence-corrected chi connectivity index (χ4v) is 5.43. The fourth-order valence-electron chi connectivity index (χ4n) is 4.15. The topological polar surface area (TPSA) is 71.8 Å². The predicted molar refractivity (Wildman–Crippen MR) is 111 cm³/mol. The standard InChI is InChI=1S/C20H29N5O2S/c1-3-21-17(26)13-25(4-2)19-18-14-6-5-7-15(14)28-20(18)23-16(22-19)12-24-8-10-27-11-9-24/h3-13H2,1-2H3,(H,21,26)/p+1. The number of morpholine rings is 1. The van der Waals surface area contributed by atoms with E-state index in [4.69, 9.17) is 14.7 Å². The molecule has 7 nitrogen and oxygen atoms in total. The second-order valence-corrected chi connectivity index (χ2v) is 8.59. The Morgan fingerprint density at radius 1 is 1.25 bits per heavy atom. The first kappa shape index (κ1) is 19.5. The van der Waals surface area contributed by atoms with Gasteiger partial charge in [-0.3, -0.25) is 4.79 Å². The SMILES string of the molecule is CCNC(=O)CN(CC)c1nc(C[NH+]2CCOCC2)nc2sc3c(c12)CCC3. The van der Waals surface area contributed by atoms with E-state index in [-0.39, 0.29) is 5.91 Å². The molecule has 2 aromatic heterocycles. The zero-order valence-corrected chi connectivity index (χ0v) is 17.7. The number of likely N-dealkylation sites (N-methyl/N-ethyl adjacent to an activating group) is 2. The van der Waals surface area contributed by atoms with Crippen molar-refractivity contribution in [2.75, 3.05) is 50.8 Å². The van der Waals surface area contributed by atoms with Crippen LogP contribution in [0.5, 0.6) is 0 Å². The van der Waals surface area contributed by atoms with Crippen molar-refractivity contribution in [2.24, 2.45) is 0 Å². The van der Waals surface area contributed by atoms with Crippen LogP contribution in [0.25, 0.3) is 10.2 Å². The Kier molecular flexibility index (Phi) is 6.08. The smallest absolute Gasteiger partial charge is 0.239 e. The van der Waals surface area contributed by atoms with Crippen LogP contribution in [0.15, 0.2) is 0 Å².